The number of tetrazole rings is 1. The van der Waals surface area contributed by atoms with Gasteiger partial charge in [-0.05, 0) is 54.3 Å². The third-order valence-electron chi connectivity index (χ3n) is 7.39. The van der Waals surface area contributed by atoms with Crippen molar-refractivity contribution >= 4 is 10.9 Å². The predicted octanol–water partition coefficient (Wildman–Crippen LogP) is 4.17. The minimum Gasteiger partial charge on any atom is -0.493 e. The molecule has 0 bridgehead atoms. The van der Waals surface area contributed by atoms with E-state index in [2.05, 4.69) is 63.5 Å². The lowest BCUT2D eigenvalue weighted by Crippen LogP contribution is -2.33. The summed E-state index contributed by atoms with van der Waals surface area (Å²) in [5.41, 5.74) is 3.56. The molecule has 39 heavy (non-hydrogen) atoms. The molecule has 2 aromatic heterocycles. The minimum absolute atomic E-state index is 0.108. The number of nitrogens with zero attached hydrogens (tertiary/aromatic N) is 5. The van der Waals surface area contributed by atoms with Gasteiger partial charge in [-0.3, -0.25) is 9.69 Å². The van der Waals surface area contributed by atoms with E-state index in [0.717, 1.165) is 42.6 Å². The zero-order valence-electron chi connectivity index (χ0n) is 23.0. The summed E-state index contributed by atoms with van der Waals surface area (Å²) in [7, 11) is 3.18. The molecular weight excluding hydrogens is 496 g/mol. The Morgan fingerprint density at radius 3 is 2.59 bits per heavy atom. The maximum atomic E-state index is 13.3. The Kier molecular flexibility index (Phi) is 8.23. The number of methoxy groups -OCH3 is 2. The second kappa shape index (κ2) is 12.0. The summed E-state index contributed by atoms with van der Waals surface area (Å²) < 4.78 is 18.6. The number of rotatable bonds is 11. The molecule has 1 N–H and O–H groups in total. The maximum absolute atomic E-state index is 13.3. The van der Waals surface area contributed by atoms with Gasteiger partial charge in [0.15, 0.2) is 17.3 Å². The maximum Gasteiger partial charge on any atom is 0.252 e. The smallest absolute Gasteiger partial charge is 0.252 e. The van der Waals surface area contributed by atoms with E-state index in [9.17, 15) is 4.79 Å². The fraction of sp³-hybridized carbons (Fsp3) is 0.448. The van der Waals surface area contributed by atoms with Crippen LogP contribution in [0.5, 0.6) is 11.5 Å². The summed E-state index contributed by atoms with van der Waals surface area (Å²) in [5, 5.41) is 13.6. The molecule has 206 valence electrons. The van der Waals surface area contributed by atoms with Gasteiger partial charge in [0.25, 0.3) is 5.56 Å². The van der Waals surface area contributed by atoms with Crippen LogP contribution in [0.4, 0.5) is 0 Å². The van der Waals surface area contributed by atoms with Gasteiger partial charge in [-0.25, -0.2) is 4.68 Å². The summed E-state index contributed by atoms with van der Waals surface area (Å²) in [6.45, 7) is 6.65. The number of hydrogen-bond acceptors (Lipinski definition) is 8. The molecule has 4 aromatic rings. The van der Waals surface area contributed by atoms with Crippen molar-refractivity contribution < 1.29 is 14.2 Å². The van der Waals surface area contributed by atoms with Gasteiger partial charge in [0.2, 0.25) is 0 Å². The Bertz CT molecular complexity index is 1460. The van der Waals surface area contributed by atoms with Crippen LogP contribution < -0.4 is 15.0 Å². The molecule has 5 rings (SSSR count). The Morgan fingerprint density at radius 1 is 1.13 bits per heavy atom. The Morgan fingerprint density at radius 2 is 1.90 bits per heavy atom. The standard InChI is InChI=1S/C29H36N6O4/c1-5-25(28-31-32-33-35(28)18-23-7-6-12-39-23)34(16-20-10-8-19(2)9-11-20)17-22-13-21-14-26(37-3)27(38-4)15-24(21)30-29(22)36/h8-11,13-15,23,25H,5-7,12,16-18H2,1-4H3,(H,30,36)/t23-,25-/m0/s1. The van der Waals surface area contributed by atoms with Crippen LogP contribution in [0.2, 0.25) is 0 Å². The van der Waals surface area contributed by atoms with Crippen LogP contribution in [-0.4, -0.2) is 57.0 Å². The van der Waals surface area contributed by atoms with Crippen LogP contribution in [0, 0.1) is 6.92 Å². The van der Waals surface area contributed by atoms with Gasteiger partial charge in [-0.2, -0.15) is 0 Å². The summed E-state index contributed by atoms with van der Waals surface area (Å²) in [5.74, 6) is 1.96. The molecule has 1 saturated heterocycles. The van der Waals surface area contributed by atoms with Crippen molar-refractivity contribution in [1.82, 2.24) is 30.1 Å². The van der Waals surface area contributed by atoms with Crippen LogP contribution in [0.3, 0.4) is 0 Å². The van der Waals surface area contributed by atoms with Crippen LogP contribution in [-0.2, 0) is 24.4 Å². The molecular formula is C29H36N6O4. The minimum atomic E-state index is -0.141. The average molecular weight is 533 g/mol. The van der Waals surface area contributed by atoms with E-state index in [4.69, 9.17) is 14.2 Å². The lowest BCUT2D eigenvalue weighted by molar-refractivity contribution is 0.0888. The van der Waals surface area contributed by atoms with E-state index < -0.39 is 0 Å². The molecule has 2 atom stereocenters. The number of H-pyrrole nitrogens is 1. The molecule has 2 aromatic carbocycles. The number of aromatic amines is 1. The Balaban J connectivity index is 1.51. The van der Waals surface area contributed by atoms with E-state index in [1.165, 1.54) is 5.56 Å². The molecule has 1 fully saturated rings. The number of aryl methyl sites for hydroxylation is 1. The molecule has 0 amide bonds. The number of nitrogens with one attached hydrogen (secondary N) is 1. The van der Waals surface area contributed by atoms with Gasteiger partial charge < -0.3 is 19.2 Å². The van der Waals surface area contributed by atoms with Crippen LogP contribution in [0.15, 0.2) is 47.3 Å². The van der Waals surface area contributed by atoms with Gasteiger partial charge in [0, 0.05) is 36.7 Å². The molecule has 0 spiro atoms. The first kappa shape index (κ1) is 26.8. The fourth-order valence-corrected chi connectivity index (χ4v) is 5.28. The molecule has 3 heterocycles. The summed E-state index contributed by atoms with van der Waals surface area (Å²) in [6, 6.07) is 14.0. The molecule has 0 aliphatic carbocycles. The number of pyridine rings is 1. The highest BCUT2D eigenvalue weighted by Crippen LogP contribution is 2.32. The fourth-order valence-electron chi connectivity index (χ4n) is 5.28. The van der Waals surface area contributed by atoms with Crippen LogP contribution in [0.25, 0.3) is 10.9 Å². The van der Waals surface area contributed by atoms with Crippen molar-refractivity contribution in [3.05, 3.63) is 75.3 Å². The van der Waals surface area contributed by atoms with E-state index >= 15 is 0 Å². The molecule has 1 aliphatic rings. The van der Waals surface area contributed by atoms with E-state index in [-0.39, 0.29) is 17.7 Å². The number of benzene rings is 2. The van der Waals surface area contributed by atoms with Crippen molar-refractivity contribution in [2.24, 2.45) is 0 Å². The van der Waals surface area contributed by atoms with Crippen LogP contribution >= 0.6 is 0 Å². The zero-order chi connectivity index (χ0) is 27.4. The quantitative estimate of drug-likeness (QED) is 0.307. The number of fused-ring (bicyclic) bond motifs is 1. The van der Waals surface area contributed by atoms with Gasteiger partial charge in [-0.1, -0.05) is 36.8 Å². The molecule has 0 radical (unpaired) electrons. The SMILES string of the molecule is CC[C@@H](c1nnnn1C[C@@H]1CCCO1)N(Cc1ccc(C)cc1)Cc1cc2cc(OC)c(OC)cc2[nH]c1=O. The largest absolute Gasteiger partial charge is 0.493 e. The monoisotopic (exact) mass is 532 g/mol. The van der Waals surface area contributed by atoms with Crippen molar-refractivity contribution in [1.29, 1.82) is 0 Å². The highest BCUT2D eigenvalue weighted by atomic mass is 16.5. The van der Waals surface area contributed by atoms with Gasteiger partial charge in [0.05, 0.1) is 38.4 Å². The molecule has 0 unspecified atom stereocenters. The lowest BCUT2D eigenvalue weighted by atomic mass is 10.1. The topological polar surface area (TPSA) is 107 Å². The van der Waals surface area contributed by atoms with E-state index in [1.807, 2.05) is 16.8 Å². The summed E-state index contributed by atoms with van der Waals surface area (Å²) >= 11 is 0. The number of hydrogen-bond donors (Lipinski definition) is 1. The zero-order valence-corrected chi connectivity index (χ0v) is 23.0. The number of ether oxygens (including phenoxy) is 3. The average Bonchev–Trinajstić information content (AvgIpc) is 3.63. The van der Waals surface area contributed by atoms with E-state index in [1.54, 1.807) is 20.3 Å². The van der Waals surface area contributed by atoms with E-state index in [0.29, 0.717) is 42.2 Å². The molecule has 10 heteroatoms. The highest BCUT2D eigenvalue weighted by Gasteiger charge is 2.28. The first-order valence-electron chi connectivity index (χ1n) is 13.4. The third-order valence-corrected chi connectivity index (χ3v) is 7.39. The Hall–Kier alpha value is -3.76. The van der Waals surface area contributed by atoms with Crippen molar-refractivity contribution in [3.63, 3.8) is 0 Å². The van der Waals surface area contributed by atoms with Gasteiger partial charge in [-0.15, -0.1) is 5.10 Å². The number of aromatic nitrogens is 5. The summed E-state index contributed by atoms with van der Waals surface area (Å²) in [6.07, 6.45) is 2.95. The van der Waals surface area contributed by atoms with Gasteiger partial charge in [0.1, 0.15) is 0 Å². The second-order valence-corrected chi connectivity index (χ2v) is 10.1. The first-order chi connectivity index (χ1) is 19.0. The highest BCUT2D eigenvalue weighted by molar-refractivity contribution is 5.83. The van der Waals surface area contributed by atoms with Crippen molar-refractivity contribution in [2.45, 2.75) is 64.9 Å². The van der Waals surface area contributed by atoms with Crippen LogP contribution in [0.1, 0.15) is 54.7 Å². The summed E-state index contributed by atoms with van der Waals surface area (Å²) in [4.78, 5) is 18.6. The third kappa shape index (κ3) is 5.97. The molecule has 10 nitrogen and oxygen atoms in total. The lowest BCUT2D eigenvalue weighted by Gasteiger charge is -2.30. The predicted molar refractivity (Wildman–Crippen MR) is 148 cm³/mol. The van der Waals surface area contributed by atoms with Crippen molar-refractivity contribution in [2.75, 3.05) is 20.8 Å². The van der Waals surface area contributed by atoms with Gasteiger partial charge >= 0.3 is 0 Å². The second-order valence-electron chi connectivity index (χ2n) is 10.1. The van der Waals surface area contributed by atoms with Crippen molar-refractivity contribution in [3.8, 4) is 11.5 Å². The first-order valence-corrected chi connectivity index (χ1v) is 13.4. The normalized spacial score (nSPS) is 16.2. The molecule has 1 aliphatic heterocycles. The Labute approximate surface area is 227 Å². The molecule has 0 saturated carbocycles.